The molecule has 36 heavy (non-hydrogen) atoms. The van der Waals surface area contributed by atoms with E-state index in [4.69, 9.17) is 0 Å². The number of para-hydroxylation sites is 1. The number of hydrogen-bond acceptors (Lipinski definition) is 5. The largest absolute Gasteiger partial charge is 0.324 e. The van der Waals surface area contributed by atoms with Gasteiger partial charge in [0.2, 0.25) is 5.91 Å². The molecule has 2 heterocycles. The number of hydrogen-bond donors (Lipinski definition) is 1. The number of carbonyl (C=O) groups is 2. The van der Waals surface area contributed by atoms with E-state index in [1.165, 1.54) is 42.5 Å². The maximum absolute atomic E-state index is 13.9. The summed E-state index contributed by atoms with van der Waals surface area (Å²) in [6, 6.07) is 17.2. The average Bonchev–Trinajstić information content (AvgIpc) is 3.45. The lowest BCUT2D eigenvalue weighted by Gasteiger charge is -2.23. The monoisotopic (exact) mass is 508 g/mol. The Kier molecular flexibility index (Phi) is 6.60. The lowest BCUT2D eigenvalue weighted by Crippen LogP contribution is -2.25. The van der Waals surface area contributed by atoms with Crippen molar-refractivity contribution in [2.75, 3.05) is 5.32 Å². The molecule has 10 heteroatoms. The molecular weight excluding hydrogens is 489 g/mol. The molecule has 3 aromatic rings. The van der Waals surface area contributed by atoms with Gasteiger partial charge in [0.1, 0.15) is 22.7 Å². The number of rotatable bonds is 5. The van der Waals surface area contributed by atoms with Gasteiger partial charge in [0, 0.05) is 12.8 Å². The molecule has 0 aliphatic carbocycles. The van der Waals surface area contributed by atoms with Gasteiger partial charge in [0.25, 0.3) is 5.91 Å². The molecule has 2 unspecified atom stereocenters. The normalized spacial score (nSPS) is 19.3. The molecule has 5 rings (SSSR count). The van der Waals surface area contributed by atoms with Gasteiger partial charge < -0.3 is 5.32 Å². The summed E-state index contributed by atoms with van der Waals surface area (Å²) in [5.74, 6) is -2.35. The Hall–Kier alpha value is -3.92. The highest BCUT2D eigenvalue weighted by molar-refractivity contribution is 8.15. The molecule has 2 atom stereocenters. The van der Waals surface area contributed by atoms with Gasteiger partial charge in [-0.15, -0.1) is 0 Å². The summed E-state index contributed by atoms with van der Waals surface area (Å²) in [6.07, 6.45) is 0.220. The van der Waals surface area contributed by atoms with Gasteiger partial charge in [-0.05, 0) is 47.5 Å². The predicted molar refractivity (Wildman–Crippen MR) is 132 cm³/mol. The molecule has 0 fully saturated rings. The molecule has 0 aromatic heterocycles. The lowest BCUT2D eigenvalue weighted by atomic mass is 9.98. The standard InChI is InChI=1S/C26H19F3N4O2S/c27-17-9-5-15(6-10-17)21-13-22(16-7-11-18(28)12-8-16)33(32-21)26-31-25(35)23(36-26)14-24(34)30-20-4-2-1-3-19(20)29/h1-12,22-23H,13-14H2,(H,30,34). The Bertz CT molecular complexity index is 1380. The lowest BCUT2D eigenvalue weighted by molar-refractivity contribution is -0.121. The van der Waals surface area contributed by atoms with Crippen LogP contribution in [0.25, 0.3) is 0 Å². The van der Waals surface area contributed by atoms with E-state index in [2.05, 4.69) is 15.4 Å². The highest BCUT2D eigenvalue weighted by atomic mass is 32.2. The van der Waals surface area contributed by atoms with Crippen LogP contribution in [0.4, 0.5) is 18.9 Å². The highest BCUT2D eigenvalue weighted by Gasteiger charge is 2.39. The van der Waals surface area contributed by atoms with E-state index in [1.54, 1.807) is 35.3 Å². The van der Waals surface area contributed by atoms with Crippen molar-refractivity contribution in [1.82, 2.24) is 5.01 Å². The Morgan fingerprint density at radius 2 is 1.64 bits per heavy atom. The van der Waals surface area contributed by atoms with Crippen molar-refractivity contribution in [1.29, 1.82) is 0 Å². The van der Waals surface area contributed by atoms with Crippen molar-refractivity contribution in [2.45, 2.75) is 24.1 Å². The Morgan fingerprint density at radius 1 is 0.972 bits per heavy atom. The number of hydrazone groups is 1. The van der Waals surface area contributed by atoms with Gasteiger partial charge >= 0.3 is 0 Å². The van der Waals surface area contributed by atoms with E-state index >= 15 is 0 Å². The van der Waals surface area contributed by atoms with E-state index < -0.39 is 22.9 Å². The minimum Gasteiger partial charge on any atom is -0.324 e. The summed E-state index contributed by atoms with van der Waals surface area (Å²) in [7, 11) is 0. The van der Waals surface area contributed by atoms with Crippen molar-refractivity contribution in [3.63, 3.8) is 0 Å². The Balaban J connectivity index is 1.36. The van der Waals surface area contributed by atoms with E-state index in [-0.39, 0.29) is 29.8 Å². The maximum atomic E-state index is 13.9. The molecule has 0 saturated heterocycles. The fraction of sp³-hybridized carbons (Fsp3) is 0.154. The number of amidine groups is 1. The van der Waals surface area contributed by atoms with Crippen LogP contribution in [-0.4, -0.2) is 33.0 Å². The Morgan fingerprint density at radius 3 is 2.33 bits per heavy atom. The first-order valence-electron chi connectivity index (χ1n) is 11.1. The van der Waals surface area contributed by atoms with E-state index in [1.807, 2.05) is 0 Å². The number of carbonyl (C=O) groups excluding carboxylic acids is 2. The fourth-order valence-electron chi connectivity index (χ4n) is 3.98. The second kappa shape index (κ2) is 9.98. The number of nitrogens with one attached hydrogen (secondary N) is 1. The third kappa shape index (κ3) is 5.03. The molecule has 0 radical (unpaired) electrons. The van der Waals surface area contributed by atoms with E-state index in [0.717, 1.165) is 17.3 Å². The number of halogens is 3. The third-order valence-corrected chi connectivity index (χ3v) is 6.93. The molecule has 6 nitrogen and oxygen atoms in total. The number of benzene rings is 3. The van der Waals surface area contributed by atoms with Gasteiger partial charge in [-0.25, -0.2) is 18.2 Å². The Labute approximate surface area is 208 Å². The minimum absolute atomic E-state index is 0.0311. The van der Waals surface area contributed by atoms with Gasteiger partial charge in [0.05, 0.1) is 17.4 Å². The summed E-state index contributed by atoms with van der Waals surface area (Å²) in [4.78, 5) is 29.3. The molecule has 0 spiro atoms. The number of aliphatic imine (C=N–C) groups is 1. The van der Waals surface area contributed by atoms with Crippen LogP contribution in [0.2, 0.25) is 0 Å². The van der Waals surface area contributed by atoms with Gasteiger partial charge in [0.15, 0.2) is 5.17 Å². The summed E-state index contributed by atoms with van der Waals surface area (Å²) in [6.45, 7) is 0. The molecule has 182 valence electrons. The van der Waals surface area contributed by atoms with E-state index in [0.29, 0.717) is 22.9 Å². The first kappa shape index (κ1) is 23.8. The molecule has 2 amide bonds. The van der Waals surface area contributed by atoms with Crippen molar-refractivity contribution in [2.24, 2.45) is 10.1 Å². The van der Waals surface area contributed by atoms with Crippen LogP contribution in [0.5, 0.6) is 0 Å². The van der Waals surface area contributed by atoms with Crippen LogP contribution in [-0.2, 0) is 9.59 Å². The second-order valence-electron chi connectivity index (χ2n) is 8.24. The molecule has 2 aliphatic heterocycles. The van der Waals surface area contributed by atoms with Gasteiger partial charge in [-0.2, -0.15) is 10.1 Å². The molecule has 2 aliphatic rings. The van der Waals surface area contributed by atoms with Crippen LogP contribution < -0.4 is 5.32 Å². The zero-order valence-electron chi connectivity index (χ0n) is 18.7. The summed E-state index contributed by atoms with van der Waals surface area (Å²) in [5, 5.41) is 8.22. The van der Waals surface area contributed by atoms with Crippen molar-refractivity contribution in [3.8, 4) is 0 Å². The zero-order valence-corrected chi connectivity index (χ0v) is 19.5. The van der Waals surface area contributed by atoms with Crippen LogP contribution in [0.15, 0.2) is 82.9 Å². The molecule has 1 N–H and O–H groups in total. The highest BCUT2D eigenvalue weighted by Crippen LogP contribution is 2.38. The van der Waals surface area contributed by atoms with Crippen LogP contribution in [0.1, 0.15) is 30.0 Å². The quantitative estimate of drug-likeness (QED) is 0.509. The smallest absolute Gasteiger partial charge is 0.262 e. The maximum Gasteiger partial charge on any atom is 0.262 e. The summed E-state index contributed by atoms with van der Waals surface area (Å²) >= 11 is 1.09. The molecule has 0 bridgehead atoms. The van der Waals surface area contributed by atoms with E-state index in [9.17, 15) is 22.8 Å². The summed E-state index contributed by atoms with van der Waals surface area (Å²) in [5.41, 5.74) is 2.15. The zero-order chi connectivity index (χ0) is 25.2. The van der Waals surface area contributed by atoms with Gasteiger partial charge in [-0.1, -0.05) is 48.2 Å². The van der Waals surface area contributed by atoms with Crippen molar-refractivity contribution < 1.29 is 22.8 Å². The van der Waals surface area contributed by atoms with Gasteiger partial charge in [-0.3, -0.25) is 9.59 Å². The number of nitrogens with zero attached hydrogens (tertiary/aromatic N) is 3. The first-order valence-corrected chi connectivity index (χ1v) is 12.0. The first-order chi connectivity index (χ1) is 17.4. The SMILES string of the molecule is O=C(CC1SC(N2N=C(c3ccc(F)cc3)CC2c2ccc(F)cc2)=NC1=O)Nc1ccccc1F. The van der Waals surface area contributed by atoms with Crippen LogP contribution >= 0.6 is 11.8 Å². The number of amides is 2. The predicted octanol–water partition coefficient (Wildman–Crippen LogP) is 5.28. The number of thioether (sulfide) groups is 1. The number of anilines is 1. The van der Waals surface area contributed by atoms with Crippen LogP contribution in [0.3, 0.4) is 0 Å². The molecule has 3 aromatic carbocycles. The third-order valence-electron chi connectivity index (χ3n) is 5.79. The minimum atomic E-state index is -0.800. The second-order valence-corrected chi connectivity index (χ2v) is 9.41. The summed E-state index contributed by atoms with van der Waals surface area (Å²) < 4.78 is 40.8. The topological polar surface area (TPSA) is 74.1 Å². The van der Waals surface area contributed by atoms with Crippen LogP contribution in [0, 0.1) is 17.5 Å². The van der Waals surface area contributed by atoms with Crippen molar-refractivity contribution >= 4 is 40.1 Å². The average molecular weight is 509 g/mol. The molecular formula is C26H19F3N4O2S. The van der Waals surface area contributed by atoms with Crippen molar-refractivity contribution in [3.05, 3.63) is 101 Å². The fourth-order valence-corrected chi connectivity index (χ4v) is 5.05. The molecule has 0 saturated carbocycles.